The van der Waals surface area contributed by atoms with Crippen LogP contribution in [0.15, 0.2) is 5.11 Å². The van der Waals surface area contributed by atoms with Crippen LogP contribution >= 0.6 is 0 Å². The van der Waals surface area contributed by atoms with Crippen molar-refractivity contribution < 1.29 is 70.9 Å². The van der Waals surface area contributed by atoms with Gasteiger partial charge in [0.15, 0.2) is 6.04 Å². The van der Waals surface area contributed by atoms with E-state index in [2.05, 4.69) is 10.0 Å². The Labute approximate surface area is 231 Å². The number of hydrogen-bond acceptors (Lipinski definition) is 11. The van der Waals surface area contributed by atoms with Crippen molar-refractivity contribution in [3.63, 3.8) is 0 Å². The molecule has 0 saturated carbocycles. The monoisotopic (exact) mass is 547 g/mol. The molecule has 2 heterocycles. The third-order valence-corrected chi connectivity index (χ3v) is 3.93. The van der Waals surface area contributed by atoms with Gasteiger partial charge in [0.05, 0.1) is 19.3 Å². The van der Waals surface area contributed by atoms with E-state index >= 15 is 0 Å². The standard InChI is InChI=1S/C9H17NO6S.C8H15N4O3.N3.Na/c1-9(2,3)15-8(11)10-5-7(6-14-10)16-17(4,12)13;1-8(2,3)15-7(13)12-4-6(5-14-12)10-11-9;1-3-2;/h7H,5-6H2,1-4H3;6,9H,4-5H2,1-3H3;;/q;+1;-1;+1/t7-;6-;;/m01../s1. The number of carbonyl (C=O) groups excluding carboxylic acids is 2. The van der Waals surface area contributed by atoms with E-state index in [4.69, 9.17) is 39.9 Å². The molecule has 0 aliphatic carbocycles. The number of ether oxygens (including phenoxy) is 2. The molecule has 17 nitrogen and oxygen atoms in total. The van der Waals surface area contributed by atoms with Crippen LogP contribution in [0.2, 0.25) is 0 Å². The van der Waals surface area contributed by atoms with Crippen molar-refractivity contribution in [2.75, 3.05) is 32.6 Å². The topological polar surface area (TPSA) is 230 Å². The van der Waals surface area contributed by atoms with Crippen LogP contribution in [0.5, 0.6) is 0 Å². The number of rotatable bonds is 3. The third-order valence-electron chi connectivity index (χ3n) is 3.31. The van der Waals surface area contributed by atoms with Crippen molar-refractivity contribution in [1.29, 1.82) is 5.53 Å². The van der Waals surface area contributed by atoms with Crippen LogP contribution in [-0.2, 0) is 33.5 Å². The molecule has 1 N–H and O–H groups in total. The van der Waals surface area contributed by atoms with Gasteiger partial charge in [-0.2, -0.15) is 18.5 Å². The van der Waals surface area contributed by atoms with Crippen molar-refractivity contribution in [2.45, 2.75) is 64.9 Å². The van der Waals surface area contributed by atoms with Gasteiger partial charge in [-0.05, 0) is 41.5 Å². The fourth-order valence-corrected chi connectivity index (χ4v) is 2.88. The van der Waals surface area contributed by atoms with E-state index in [1.54, 1.807) is 41.5 Å². The molecule has 0 aromatic rings. The van der Waals surface area contributed by atoms with Gasteiger partial charge in [-0.15, -0.1) is 0 Å². The minimum absolute atomic E-state index is 0. The molecular weight excluding hydrogens is 515 g/mol. The normalized spacial score (nSPS) is 19.2. The first-order valence-electron chi connectivity index (χ1n) is 10.1. The van der Waals surface area contributed by atoms with Crippen LogP contribution in [0, 0.1) is 5.53 Å². The molecule has 2 rings (SSSR count). The van der Waals surface area contributed by atoms with E-state index < -0.39 is 39.6 Å². The van der Waals surface area contributed by atoms with Crippen molar-refractivity contribution in [3.05, 3.63) is 16.0 Å². The van der Waals surface area contributed by atoms with Gasteiger partial charge in [-0.1, -0.05) is 0 Å². The molecule has 2 aliphatic rings. The average Bonchev–Trinajstić information content (AvgIpc) is 3.29. The molecule has 2 atom stereocenters. The Kier molecular flexibility index (Phi) is 16.0. The van der Waals surface area contributed by atoms with E-state index in [9.17, 15) is 18.0 Å². The summed E-state index contributed by atoms with van der Waals surface area (Å²) in [5.41, 5.74) is 18.9. The summed E-state index contributed by atoms with van der Waals surface area (Å²) in [6.07, 6.45) is -0.928. The van der Waals surface area contributed by atoms with E-state index in [1.807, 2.05) is 0 Å². The molecule has 2 saturated heterocycles. The zero-order chi connectivity index (χ0) is 27.4. The van der Waals surface area contributed by atoms with E-state index in [1.165, 1.54) is 4.91 Å². The van der Waals surface area contributed by atoms with Crippen molar-refractivity contribution >= 4 is 22.3 Å². The van der Waals surface area contributed by atoms with Crippen molar-refractivity contribution in [1.82, 2.24) is 15.0 Å². The first kappa shape index (κ1) is 36.1. The number of nitrogens with zero attached hydrogens (tertiary/aromatic N) is 7. The first-order valence-corrected chi connectivity index (χ1v) is 11.9. The Hall–Kier alpha value is -2.01. The summed E-state index contributed by atoms with van der Waals surface area (Å²) in [6, 6.07) is -0.269. The summed E-state index contributed by atoms with van der Waals surface area (Å²) in [4.78, 5) is 37.5. The minimum Gasteiger partial charge on any atom is -0.442 e. The summed E-state index contributed by atoms with van der Waals surface area (Å²) in [7, 11) is -3.55. The molecule has 0 aromatic carbocycles. The molecule has 19 heteroatoms. The Balaban J connectivity index is 0. The van der Waals surface area contributed by atoms with Gasteiger partial charge in [0.1, 0.15) is 41.2 Å². The van der Waals surface area contributed by atoms with E-state index in [0.717, 1.165) is 16.4 Å². The summed E-state index contributed by atoms with van der Waals surface area (Å²) >= 11 is 0. The molecule has 36 heavy (non-hydrogen) atoms. The summed E-state index contributed by atoms with van der Waals surface area (Å²) in [5, 5.41) is 5.63. The van der Waals surface area contributed by atoms with Gasteiger partial charge in [-0.25, -0.2) is 9.59 Å². The first-order chi connectivity index (χ1) is 15.9. The molecule has 0 bridgehead atoms. The largest absolute Gasteiger partial charge is 1.00 e. The Morgan fingerprint density at radius 1 is 0.972 bits per heavy atom. The molecule has 200 valence electrons. The molecule has 2 fully saturated rings. The van der Waals surface area contributed by atoms with E-state index in [-0.39, 0.29) is 61.9 Å². The van der Waals surface area contributed by atoms with Gasteiger partial charge < -0.3 is 20.5 Å². The zero-order valence-corrected chi connectivity index (χ0v) is 24.5. The Bertz CT molecular complexity index is 910. The predicted molar refractivity (Wildman–Crippen MR) is 119 cm³/mol. The van der Waals surface area contributed by atoms with Gasteiger partial charge >= 0.3 is 41.7 Å². The van der Waals surface area contributed by atoms with Gasteiger partial charge in [0.25, 0.3) is 10.1 Å². The maximum Gasteiger partial charge on any atom is 1.00 e. The van der Waals surface area contributed by atoms with Crippen LogP contribution in [0.1, 0.15) is 41.5 Å². The number of carbonyl (C=O) groups is 2. The van der Waals surface area contributed by atoms with Gasteiger partial charge in [0.2, 0.25) is 4.91 Å². The molecule has 0 spiro atoms. The number of hydrogen-bond donors (Lipinski definition) is 1. The van der Waals surface area contributed by atoms with Crippen molar-refractivity contribution in [3.8, 4) is 0 Å². The molecule has 2 aliphatic heterocycles. The smallest absolute Gasteiger partial charge is 0.442 e. The maximum atomic E-state index is 11.5. The van der Waals surface area contributed by atoms with Crippen LogP contribution in [0.25, 0.3) is 16.0 Å². The fourth-order valence-electron chi connectivity index (χ4n) is 2.27. The summed E-state index contributed by atoms with van der Waals surface area (Å²) < 4.78 is 36.6. The van der Waals surface area contributed by atoms with Crippen LogP contribution in [0.3, 0.4) is 0 Å². The van der Waals surface area contributed by atoms with Crippen LogP contribution < -0.4 is 34.5 Å². The zero-order valence-electron chi connectivity index (χ0n) is 21.7. The quantitative estimate of drug-likeness (QED) is 0.157. The molecule has 0 unspecified atom stereocenters. The molecule has 2 amide bonds. The number of hydroxylamine groups is 4. The Morgan fingerprint density at radius 3 is 1.78 bits per heavy atom. The number of nitrogens with one attached hydrogen (secondary N) is 1. The fraction of sp³-hybridized carbons (Fsp3) is 0.882. The number of amides is 2. The van der Waals surface area contributed by atoms with Crippen LogP contribution in [0.4, 0.5) is 9.59 Å². The Morgan fingerprint density at radius 2 is 1.39 bits per heavy atom. The second kappa shape index (κ2) is 16.0. The summed E-state index contributed by atoms with van der Waals surface area (Å²) in [6.45, 7) is 11.1. The second-order valence-corrected chi connectivity index (χ2v) is 10.7. The maximum absolute atomic E-state index is 11.5. The average molecular weight is 548 g/mol. The van der Waals surface area contributed by atoms with Gasteiger partial charge in [0, 0.05) is 0 Å². The third kappa shape index (κ3) is 17.4. The SMILES string of the molecule is CC(C)(C)OC(=O)N1C[C@@H](N=[N+]=N)CO1.CC(C)(C)OC(=O)N1C[C@H](OS(C)(=O)=O)CO1.[N-]=[N+]=[N-].[Na+]. The predicted octanol–water partition coefficient (Wildman–Crippen LogP) is -0.529. The minimum atomic E-state index is -3.55. The van der Waals surface area contributed by atoms with Crippen LogP contribution in [-0.4, -0.2) is 86.6 Å². The van der Waals surface area contributed by atoms with E-state index in [0.29, 0.717) is 0 Å². The molecule has 0 aromatic heterocycles. The van der Waals surface area contributed by atoms with Gasteiger partial charge in [-0.3, -0.25) is 18.8 Å². The van der Waals surface area contributed by atoms with Crippen molar-refractivity contribution in [2.24, 2.45) is 5.11 Å². The molecule has 0 radical (unpaired) electrons. The summed E-state index contributed by atoms with van der Waals surface area (Å²) in [5.74, 6) is 0. The molecular formula is C17H32N8NaO9S+. The second-order valence-electron chi connectivity index (χ2n) is 9.06.